The number of hydrazine groups is 1. The van der Waals surface area contributed by atoms with E-state index in [-0.39, 0.29) is 6.61 Å². The highest BCUT2D eigenvalue weighted by Gasteiger charge is 2.20. The van der Waals surface area contributed by atoms with Crippen LogP contribution in [0.3, 0.4) is 0 Å². The van der Waals surface area contributed by atoms with Gasteiger partial charge in [0, 0.05) is 18.2 Å². The van der Waals surface area contributed by atoms with Gasteiger partial charge in [0.05, 0.1) is 6.61 Å². The van der Waals surface area contributed by atoms with Gasteiger partial charge < -0.3 is 30.1 Å². The zero-order valence-electron chi connectivity index (χ0n) is 16.5. The molecular weight excluding hydrogens is 362 g/mol. The fraction of sp³-hybridized carbons (Fsp3) is 0.474. The van der Waals surface area contributed by atoms with Crippen molar-refractivity contribution >= 4 is 5.82 Å². The highest BCUT2D eigenvalue weighted by Crippen LogP contribution is 2.26. The van der Waals surface area contributed by atoms with Crippen molar-refractivity contribution < 1.29 is 19.3 Å². The Morgan fingerprint density at radius 3 is 2.39 bits per heavy atom. The molecule has 0 radical (unpaired) electrons. The van der Waals surface area contributed by atoms with Crippen LogP contribution in [0, 0.1) is 0 Å². The molecule has 0 bridgehead atoms. The van der Waals surface area contributed by atoms with E-state index in [2.05, 4.69) is 20.9 Å². The maximum atomic E-state index is 10.2. The Morgan fingerprint density at radius 1 is 1.07 bits per heavy atom. The number of benzene rings is 1. The first-order valence-electron chi connectivity index (χ1n) is 9.14. The summed E-state index contributed by atoms with van der Waals surface area (Å²) in [5.74, 6) is 7.38. The number of nitrogens with one attached hydrogen (secondary N) is 2. The monoisotopic (exact) mass is 391 g/mol. The summed E-state index contributed by atoms with van der Waals surface area (Å²) >= 11 is 0. The summed E-state index contributed by atoms with van der Waals surface area (Å²) in [6.07, 6.45) is -0.691. The number of para-hydroxylation sites is 2. The minimum Gasteiger partial charge on any atom is -0.490 e. The second kappa shape index (κ2) is 10.6. The molecule has 5 N–H and O–H groups in total. The Bertz CT molecular complexity index is 712. The van der Waals surface area contributed by atoms with Crippen LogP contribution in [-0.4, -0.2) is 53.3 Å². The normalized spacial score (nSPS) is 12.3. The number of aliphatic hydroxyl groups is 1. The summed E-state index contributed by atoms with van der Waals surface area (Å²) in [7, 11) is 0. The fourth-order valence-corrected chi connectivity index (χ4v) is 2.26. The van der Waals surface area contributed by atoms with Gasteiger partial charge in [-0.15, -0.1) is 10.2 Å². The van der Waals surface area contributed by atoms with E-state index in [0.717, 1.165) is 0 Å². The predicted molar refractivity (Wildman–Crippen MR) is 107 cm³/mol. The van der Waals surface area contributed by atoms with Crippen molar-refractivity contribution in [2.45, 2.75) is 32.4 Å². The lowest BCUT2D eigenvalue weighted by atomic mass is 10.1. The van der Waals surface area contributed by atoms with E-state index < -0.39 is 11.6 Å². The molecule has 1 aromatic carbocycles. The van der Waals surface area contributed by atoms with Crippen LogP contribution in [0.5, 0.6) is 17.4 Å². The van der Waals surface area contributed by atoms with Crippen molar-refractivity contribution in [3.05, 3.63) is 36.4 Å². The van der Waals surface area contributed by atoms with Gasteiger partial charge in [-0.05, 0) is 39.0 Å². The highest BCUT2D eigenvalue weighted by molar-refractivity contribution is 5.39. The summed E-state index contributed by atoms with van der Waals surface area (Å²) in [6, 6.07) is 10.7. The van der Waals surface area contributed by atoms with Crippen LogP contribution in [0.4, 0.5) is 5.82 Å². The molecule has 1 atom stereocenters. The molecule has 1 aromatic heterocycles. The lowest BCUT2D eigenvalue weighted by Crippen LogP contribution is -2.48. The number of nitrogens with zero attached hydrogens (tertiary/aromatic N) is 2. The number of anilines is 1. The average molecular weight is 391 g/mol. The average Bonchev–Trinajstić information content (AvgIpc) is 2.71. The lowest BCUT2D eigenvalue weighted by Gasteiger charge is -2.27. The minimum absolute atomic E-state index is 0.146. The van der Waals surface area contributed by atoms with E-state index in [1.54, 1.807) is 12.1 Å². The third kappa shape index (κ3) is 7.18. The summed E-state index contributed by atoms with van der Waals surface area (Å²) in [6.45, 7) is 7.23. The molecule has 2 rings (SSSR count). The number of hydrogen-bond donors (Lipinski definition) is 4. The van der Waals surface area contributed by atoms with Crippen molar-refractivity contribution in [2.75, 3.05) is 31.8 Å². The lowest BCUT2D eigenvalue weighted by molar-refractivity contribution is 0.0906. The molecule has 0 spiro atoms. The number of rotatable bonds is 12. The minimum atomic E-state index is -0.691. The number of aromatic nitrogens is 2. The quantitative estimate of drug-likeness (QED) is 0.313. The molecule has 0 saturated heterocycles. The van der Waals surface area contributed by atoms with Gasteiger partial charge in [-0.25, -0.2) is 5.84 Å². The summed E-state index contributed by atoms with van der Waals surface area (Å²) in [4.78, 5) is 0. The molecule has 28 heavy (non-hydrogen) atoms. The molecule has 1 heterocycles. The van der Waals surface area contributed by atoms with Crippen molar-refractivity contribution in [1.82, 2.24) is 15.5 Å². The molecule has 0 aliphatic rings. The number of β-amino-alcohol motifs (C(OH)–C–C–N with tert-alkyl or cyclic N) is 1. The van der Waals surface area contributed by atoms with E-state index in [0.29, 0.717) is 43.0 Å². The first-order valence-corrected chi connectivity index (χ1v) is 9.14. The van der Waals surface area contributed by atoms with Crippen LogP contribution in [0.2, 0.25) is 0 Å². The van der Waals surface area contributed by atoms with E-state index in [1.807, 2.05) is 45.0 Å². The maximum Gasteiger partial charge on any atom is 0.233 e. The first-order chi connectivity index (χ1) is 13.4. The van der Waals surface area contributed by atoms with Crippen molar-refractivity contribution in [3.8, 4) is 17.4 Å². The van der Waals surface area contributed by atoms with E-state index in [1.165, 1.54) is 0 Å². The number of aliphatic hydroxyl groups excluding tert-OH is 1. The third-order valence-electron chi connectivity index (χ3n) is 3.77. The highest BCUT2D eigenvalue weighted by atomic mass is 16.5. The van der Waals surface area contributed by atoms with Crippen molar-refractivity contribution in [1.29, 1.82) is 0 Å². The smallest absolute Gasteiger partial charge is 0.233 e. The van der Waals surface area contributed by atoms with E-state index in [9.17, 15) is 5.11 Å². The van der Waals surface area contributed by atoms with Crippen LogP contribution in [-0.2, 0) is 0 Å². The maximum absolute atomic E-state index is 10.2. The van der Waals surface area contributed by atoms with Crippen LogP contribution < -0.4 is 30.8 Å². The standard InChI is InChI=1S/C19H29N5O4/c1-4-26-15-7-5-6-8-16(15)27-12-14(25)11-21-19(2,3)13-28-18-10-9-17(22-20)23-24-18/h5-10,14,21,25H,4,11-13,20H2,1-3H3,(H,22,23). The number of nitrogen functional groups attached to an aromatic ring is 1. The summed E-state index contributed by atoms with van der Waals surface area (Å²) in [5.41, 5.74) is 2.01. The fourth-order valence-electron chi connectivity index (χ4n) is 2.26. The molecule has 0 aliphatic carbocycles. The number of ether oxygens (including phenoxy) is 3. The predicted octanol–water partition coefficient (Wildman–Crippen LogP) is 1.35. The first kappa shape index (κ1) is 21.7. The Balaban J connectivity index is 1.75. The van der Waals surface area contributed by atoms with E-state index in [4.69, 9.17) is 20.1 Å². The van der Waals surface area contributed by atoms with Crippen LogP contribution in [0.25, 0.3) is 0 Å². The molecule has 154 valence electrons. The molecule has 1 unspecified atom stereocenters. The van der Waals surface area contributed by atoms with E-state index >= 15 is 0 Å². The largest absolute Gasteiger partial charge is 0.490 e. The van der Waals surface area contributed by atoms with Gasteiger partial charge in [0.25, 0.3) is 0 Å². The SMILES string of the molecule is CCOc1ccccc1OCC(O)CNC(C)(C)COc1ccc(NN)nn1. The molecule has 9 nitrogen and oxygen atoms in total. The number of hydrogen-bond acceptors (Lipinski definition) is 9. The van der Waals surface area contributed by atoms with Gasteiger partial charge in [-0.3, -0.25) is 0 Å². The zero-order chi connectivity index (χ0) is 20.4. The summed E-state index contributed by atoms with van der Waals surface area (Å²) in [5, 5.41) is 21.2. The molecule has 0 amide bonds. The Morgan fingerprint density at radius 2 is 1.79 bits per heavy atom. The molecule has 0 aliphatic heterocycles. The second-order valence-electron chi connectivity index (χ2n) is 6.80. The van der Waals surface area contributed by atoms with Crippen LogP contribution >= 0.6 is 0 Å². The number of nitrogens with two attached hydrogens (primary N) is 1. The second-order valence-corrected chi connectivity index (χ2v) is 6.80. The Kier molecular flexibility index (Phi) is 8.24. The molecule has 9 heteroatoms. The van der Waals surface area contributed by atoms with Gasteiger partial charge in [-0.2, -0.15) is 0 Å². The van der Waals surface area contributed by atoms with Crippen molar-refractivity contribution in [3.63, 3.8) is 0 Å². The zero-order valence-corrected chi connectivity index (χ0v) is 16.5. The van der Waals surface area contributed by atoms with Gasteiger partial charge in [0.1, 0.15) is 19.3 Å². The van der Waals surface area contributed by atoms with Crippen LogP contribution in [0.15, 0.2) is 36.4 Å². The van der Waals surface area contributed by atoms with Gasteiger partial charge in [-0.1, -0.05) is 12.1 Å². The van der Waals surface area contributed by atoms with Crippen LogP contribution in [0.1, 0.15) is 20.8 Å². The third-order valence-corrected chi connectivity index (χ3v) is 3.77. The van der Waals surface area contributed by atoms with Gasteiger partial charge in [0.2, 0.25) is 5.88 Å². The molecule has 0 fully saturated rings. The Labute approximate surface area is 165 Å². The summed E-state index contributed by atoms with van der Waals surface area (Å²) < 4.78 is 16.8. The molecular formula is C19H29N5O4. The Hall–Kier alpha value is -2.62. The van der Waals surface area contributed by atoms with Gasteiger partial charge in [0.15, 0.2) is 17.3 Å². The topological polar surface area (TPSA) is 124 Å². The van der Waals surface area contributed by atoms with Gasteiger partial charge >= 0.3 is 0 Å². The van der Waals surface area contributed by atoms with Crippen molar-refractivity contribution in [2.24, 2.45) is 5.84 Å². The molecule has 2 aromatic rings. The molecule has 0 saturated carbocycles.